The van der Waals surface area contributed by atoms with Crippen molar-refractivity contribution < 1.29 is 18.8 Å². The summed E-state index contributed by atoms with van der Waals surface area (Å²) in [6, 6.07) is 21.2. The van der Waals surface area contributed by atoms with Gasteiger partial charge in [-0.05, 0) is 35.9 Å². The van der Waals surface area contributed by atoms with Crippen LogP contribution in [0.4, 0.5) is 4.39 Å². The highest BCUT2D eigenvalue weighted by Gasteiger charge is 2.31. The zero-order valence-electron chi connectivity index (χ0n) is 19.0. The van der Waals surface area contributed by atoms with Gasteiger partial charge in [-0.2, -0.15) is 0 Å². The topological polar surface area (TPSA) is 69.7 Å². The average molecular weight is 494 g/mol. The molecule has 6 nitrogen and oxygen atoms in total. The van der Waals surface area contributed by atoms with Crippen LogP contribution in [0, 0.1) is 5.82 Å². The first-order valence-electron chi connectivity index (χ1n) is 11.4. The molecule has 180 valence electrons. The maximum absolute atomic E-state index is 13.5. The van der Waals surface area contributed by atoms with Crippen LogP contribution in [0.25, 0.3) is 0 Å². The van der Waals surface area contributed by atoms with E-state index in [2.05, 4.69) is 5.32 Å². The summed E-state index contributed by atoms with van der Waals surface area (Å²) in [6.07, 6.45) is 0.350. The summed E-state index contributed by atoms with van der Waals surface area (Å²) in [5.41, 5.74) is 1.63. The van der Waals surface area contributed by atoms with Gasteiger partial charge in [0.05, 0.1) is 10.6 Å². The predicted molar refractivity (Wildman–Crippen MR) is 132 cm³/mol. The van der Waals surface area contributed by atoms with Gasteiger partial charge in [-0.3, -0.25) is 14.4 Å². The van der Waals surface area contributed by atoms with E-state index in [0.29, 0.717) is 38.2 Å². The highest BCUT2D eigenvalue weighted by Crippen LogP contribution is 2.20. The van der Waals surface area contributed by atoms with E-state index in [1.807, 2.05) is 36.4 Å². The predicted octanol–water partition coefficient (Wildman–Crippen LogP) is 3.80. The van der Waals surface area contributed by atoms with Gasteiger partial charge in [-0.15, -0.1) is 0 Å². The second-order valence-electron chi connectivity index (χ2n) is 8.32. The molecule has 1 aliphatic heterocycles. The number of hydrogen-bond acceptors (Lipinski definition) is 3. The van der Waals surface area contributed by atoms with E-state index in [4.69, 9.17) is 11.6 Å². The lowest BCUT2D eigenvalue weighted by molar-refractivity contribution is -0.134. The van der Waals surface area contributed by atoms with Crippen LogP contribution in [0.1, 0.15) is 26.3 Å². The number of nitrogens with zero attached hydrogens (tertiary/aromatic N) is 2. The largest absolute Gasteiger partial charge is 0.340 e. The first kappa shape index (κ1) is 24.4. The molecule has 1 atom stereocenters. The zero-order chi connectivity index (χ0) is 24.8. The molecule has 3 aromatic carbocycles. The van der Waals surface area contributed by atoms with Crippen LogP contribution in [0.15, 0.2) is 78.9 Å². The van der Waals surface area contributed by atoms with Crippen molar-refractivity contribution in [1.82, 2.24) is 15.1 Å². The van der Waals surface area contributed by atoms with Crippen LogP contribution in [0.5, 0.6) is 0 Å². The molecule has 0 bridgehead atoms. The van der Waals surface area contributed by atoms with Gasteiger partial charge < -0.3 is 15.1 Å². The molecule has 1 aliphatic rings. The van der Waals surface area contributed by atoms with Gasteiger partial charge in [0.15, 0.2) is 0 Å². The Balaban J connectivity index is 1.44. The van der Waals surface area contributed by atoms with Crippen molar-refractivity contribution in [2.24, 2.45) is 0 Å². The molecular weight excluding hydrogens is 469 g/mol. The first-order chi connectivity index (χ1) is 16.9. The number of amides is 3. The van der Waals surface area contributed by atoms with Gasteiger partial charge in [0.2, 0.25) is 5.91 Å². The van der Waals surface area contributed by atoms with Crippen molar-refractivity contribution in [3.63, 3.8) is 0 Å². The van der Waals surface area contributed by atoms with E-state index < -0.39 is 11.9 Å². The second kappa shape index (κ2) is 11.1. The van der Waals surface area contributed by atoms with Crippen LogP contribution in [0.3, 0.4) is 0 Å². The van der Waals surface area contributed by atoms with E-state index in [1.165, 1.54) is 12.1 Å². The summed E-state index contributed by atoms with van der Waals surface area (Å²) < 4.78 is 13.3. The maximum Gasteiger partial charge on any atom is 0.255 e. The number of carbonyl (C=O) groups is 3. The lowest BCUT2D eigenvalue weighted by Gasteiger charge is -2.36. The normalized spacial score (nSPS) is 14.3. The van der Waals surface area contributed by atoms with Crippen molar-refractivity contribution in [2.75, 3.05) is 26.2 Å². The average Bonchev–Trinajstić information content (AvgIpc) is 2.89. The van der Waals surface area contributed by atoms with Crippen molar-refractivity contribution in [2.45, 2.75) is 12.5 Å². The summed E-state index contributed by atoms with van der Waals surface area (Å²) >= 11 is 6.05. The van der Waals surface area contributed by atoms with Crippen LogP contribution >= 0.6 is 11.6 Å². The molecule has 1 saturated heterocycles. The molecule has 4 rings (SSSR count). The third-order valence-corrected chi connectivity index (χ3v) is 6.27. The Morgan fingerprint density at radius 1 is 0.857 bits per heavy atom. The number of carbonyl (C=O) groups excluding carboxylic acids is 3. The number of hydrogen-bond donors (Lipinski definition) is 1. The molecule has 3 aromatic rings. The molecule has 0 aromatic heterocycles. The van der Waals surface area contributed by atoms with Crippen molar-refractivity contribution >= 4 is 29.3 Å². The molecule has 35 heavy (non-hydrogen) atoms. The van der Waals surface area contributed by atoms with Gasteiger partial charge >= 0.3 is 0 Å². The Morgan fingerprint density at radius 3 is 2.09 bits per heavy atom. The lowest BCUT2D eigenvalue weighted by Crippen LogP contribution is -2.56. The van der Waals surface area contributed by atoms with Gasteiger partial charge in [0.25, 0.3) is 11.8 Å². The molecular formula is C27H25ClFN3O3. The Kier molecular flexibility index (Phi) is 7.77. The number of benzene rings is 3. The number of piperazine rings is 1. The summed E-state index contributed by atoms with van der Waals surface area (Å²) in [5.74, 6) is -1.34. The summed E-state index contributed by atoms with van der Waals surface area (Å²) in [6.45, 7) is 1.25. The Labute approximate surface area is 208 Å². The standard InChI is InChI=1S/C27H25ClFN3O3/c28-23-18-21(29)11-12-22(23)26(34)31-13-15-32(16-14-31)27(35)24(17-19-7-3-1-4-8-19)30-25(33)20-9-5-2-6-10-20/h1-12,18,24H,13-17H2,(H,30,33). The van der Waals surface area contributed by atoms with E-state index in [1.54, 1.807) is 34.1 Å². The van der Waals surface area contributed by atoms with E-state index in [0.717, 1.165) is 11.6 Å². The monoisotopic (exact) mass is 493 g/mol. The van der Waals surface area contributed by atoms with E-state index >= 15 is 0 Å². The van der Waals surface area contributed by atoms with E-state index in [9.17, 15) is 18.8 Å². The Bertz CT molecular complexity index is 1200. The van der Waals surface area contributed by atoms with E-state index in [-0.39, 0.29) is 28.3 Å². The minimum Gasteiger partial charge on any atom is -0.340 e. The highest BCUT2D eigenvalue weighted by atomic mass is 35.5. The quantitative estimate of drug-likeness (QED) is 0.568. The third kappa shape index (κ3) is 6.05. The second-order valence-corrected chi connectivity index (χ2v) is 8.73. The molecule has 0 saturated carbocycles. The summed E-state index contributed by atoms with van der Waals surface area (Å²) in [4.78, 5) is 42.4. The third-order valence-electron chi connectivity index (χ3n) is 5.96. The molecule has 0 aliphatic carbocycles. The highest BCUT2D eigenvalue weighted by molar-refractivity contribution is 6.33. The first-order valence-corrected chi connectivity index (χ1v) is 11.7. The Morgan fingerprint density at radius 2 is 1.46 bits per heavy atom. The van der Waals surface area contributed by atoms with Crippen LogP contribution in [-0.4, -0.2) is 59.7 Å². The zero-order valence-corrected chi connectivity index (χ0v) is 19.7. The van der Waals surface area contributed by atoms with Gasteiger partial charge in [0, 0.05) is 38.2 Å². The number of rotatable bonds is 6. The molecule has 3 amide bonds. The fourth-order valence-corrected chi connectivity index (χ4v) is 4.31. The minimum absolute atomic E-state index is 0.0556. The maximum atomic E-state index is 13.5. The summed E-state index contributed by atoms with van der Waals surface area (Å²) in [5, 5.41) is 2.94. The molecule has 1 fully saturated rings. The lowest BCUT2D eigenvalue weighted by atomic mass is 10.0. The molecule has 1 N–H and O–H groups in total. The summed E-state index contributed by atoms with van der Waals surface area (Å²) in [7, 11) is 0. The Hall–Kier alpha value is -3.71. The van der Waals surface area contributed by atoms with Gasteiger partial charge in [0.1, 0.15) is 11.9 Å². The molecule has 1 heterocycles. The van der Waals surface area contributed by atoms with Crippen molar-refractivity contribution in [3.05, 3.63) is 106 Å². The number of halogens is 2. The minimum atomic E-state index is -0.751. The number of nitrogens with one attached hydrogen (secondary N) is 1. The molecule has 1 unspecified atom stereocenters. The van der Waals surface area contributed by atoms with Gasteiger partial charge in [-0.1, -0.05) is 60.1 Å². The van der Waals surface area contributed by atoms with Crippen LogP contribution in [-0.2, 0) is 11.2 Å². The SMILES string of the molecule is O=C(NC(Cc1ccccc1)C(=O)N1CCN(C(=O)c2ccc(F)cc2Cl)CC1)c1ccccc1. The van der Waals surface area contributed by atoms with Crippen molar-refractivity contribution in [1.29, 1.82) is 0 Å². The fourth-order valence-electron chi connectivity index (χ4n) is 4.06. The fraction of sp³-hybridized carbons (Fsp3) is 0.222. The molecule has 8 heteroatoms. The molecule has 0 spiro atoms. The smallest absolute Gasteiger partial charge is 0.255 e. The van der Waals surface area contributed by atoms with Gasteiger partial charge in [-0.25, -0.2) is 4.39 Å². The molecule has 0 radical (unpaired) electrons. The van der Waals surface area contributed by atoms with Crippen molar-refractivity contribution in [3.8, 4) is 0 Å². The van der Waals surface area contributed by atoms with Crippen LogP contribution < -0.4 is 5.32 Å². The van der Waals surface area contributed by atoms with Crippen LogP contribution in [0.2, 0.25) is 5.02 Å².